The van der Waals surface area contributed by atoms with Gasteiger partial charge in [0.1, 0.15) is 5.82 Å². The summed E-state index contributed by atoms with van der Waals surface area (Å²) in [4.78, 5) is 11.7. The molecule has 0 aliphatic rings. The van der Waals surface area contributed by atoms with E-state index in [0.717, 1.165) is 0 Å². The van der Waals surface area contributed by atoms with Gasteiger partial charge >= 0.3 is 12.2 Å². The summed E-state index contributed by atoms with van der Waals surface area (Å²) >= 11 is 0. The van der Waals surface area contributed by atoms with Crippen molar-refractivity contribution in [1.29, 1.82) is 0 Å². The highest BCUT2D eigenvalue weighted by Crippen LogP contribution is 2.31. The van der Waals surface area contributed by atoms with E-state index in [1.165, 1.54) is 0 Å². The Balaban J connectivity index is 2.79. The molecule has 2 amide bonds. The van der Waals surface area contributed by atoms with E-state index in [2.05, 4.69) is 5.32 Å². The Hall–Kier alpha value is -1.83. The molecule has 124 valence electrons. The standard InChI is InChI=1S/C14H18F4N2O2/c1-8(2)5-10(7-21)19-13(22)20-12-6-9(14(16,17)18)3-4-11(12)15/h3-4,6,8,10,21H,5,7H2,1-2H3,(H2,19,20,22). The van der Waals surface area contributed by atoms with Gasteiger partial charge in [-0.2, -0.15) is 13.2 Å². The maximum absolute atomic E-state index is 13.5. The van der Waals surface area contributed by atoms with Crippen LogP contribution in [0.15, 0.2) is 18.2 Å². The van der Waals surface area contributed by atoms with Gasteiger partial charge in [-0.15, -0.1) is 0 Å². The average Bonchev–Trinajstić information content (AvgIpc) is 2.38. The molecule has 0 saturated carbocycles. The van der Waals surface area contributed by atoms with Crippen molar-refractivity contribution in [3.63, 3.8) is 0 Å². The van der Waals surface area contributed by atoms with Crippen LogP contribution in [0.25, 0.3) is 0 Å². The quantitative estimate of drug-likeness (QED) is 0.728. The third-order valence-electron chi connectivity index (χ3n) is 2.85. The maximum Gasteiger partial charge on any atom is 0.416 e. The van der Waals surface area contributed by atoms with Gasteiger partial charge in [-0.3, -0.25) is 0 Å². The largest absolute Gasteiger partial charge is 0.416 e. The van der Waals surface area contributed by atoms with E-state index in [1.807, 2.05) is 19.2 Å². The van der Waals surface area contributed by atoms with E-state index < -0.39 is 35.3 Å². The van der Waals surface area contributed by atoms with Gasteiger partial charge < -0.3 is 15.7 Å². The number of carbonyl (C=O) groups excluding carboxylic acids is 1. The van der Waals surface area contributed by atoms with Gasteiger partial charge in [0.05, 0.1) is 23.9 Å². The predicted octanol–water partition coefficient (Wildman–Crippen LogP) is 3.37. The third-order valence-corrected chi connectivity index (χ3v) is 2.85. The van der Waals surface area contributed by atoms with E-state index >= 15 is 0 Å². The van der Waals surface area contributed by atoms with E-state index in [1.54, 1.807) is 0 Å². The van der Waals surface area contributed by atoms with Crippen molar-refractivity contribution in [2.75, 3.05) is 11.9 Å². The Bertz CT molecular complexity index is 518. The number of alkyl halides is 3. The van der Waals surface area contributed by atoms with Gasteiger partial charge in [0.25, 0.3) is 0 Å². The summed E-state index contributed by atoms with van der Waals surface area (Å²) < 4.78 is 51.2. The second-order valence-corrected chi connectivity index (χ2v) is 5.30. The van der Waals surface area contributed by atoms with Crippen LogP contribution >= 0.6 is 0 Å². The summed E-state index contributed by atoms with van der Waals surface area (Å²) in [6.07, 6.45) is -4.15. The van der Waals surface area contributed by atoms with Crippen LogP contribution < -0.4 is 10.6 Å². The molecule has 1 aromatic rings. The van der Waals surface area contributed by atoms with E-state index in [0.29, 0.717) is 24.6 Å². The summed E-state index contributed by atoms with van der Waals surface area (Å²) in [5, 5.41) is 13.5. The lowest BCUT2D eigenvalue weighted by atomic mass is 10.0. The molecule has 0 bridgehead atoms. The van der Waals surface area contributed by atoms with Crippen molar-refractivity contribution < 1.29 is 27.5 Å². The average molecular weight is 322 g/mol. The molecule has 0 heterocycles. The summed E-state index contributed by atoms with van der Waals surface area (Å²) in [6.45, 7) is 3.44. The van der Waals surface area contributed by atoms with Gasteiger partial charge in [0.15, 0.2) is 0 Å². The molecule has 4 nitrogen and oxygen atoms in total. The number of carbonyl (C=O) groups is 1. The molecule has 0 spiro atoms. The third kappa shape index (κ3) is 5.51. The van der Waals surface area contributed by atoms with Gasteiger partial charge in [-0.1, -0.05) is 13.8 Å². The number of nitrogens with one attached hydrogen (secondary N) is 2. The van der Waals surface area contributed by atoms with Gasteiger partial charge in [0, 0.05) is 0 Å². The minimum Gasteiger partial charge on any atom is -0.394 e. The molecule has 1 rings (SSSR count). The van der Waals surface area contributed by atoms with E-state index in [-0.39, 0.29) is 12.5 Å². The lowest BCUT2D eigenvalue weighted by Crippen LogP contribution is -2.41. The molecule has 1 aromatic carbocycles. The normalized spacial score (nSPS) is 13.1. The van der Waals surface area contributed by atoms with Crippen LogP contribution in [-0.4, -0.2) is 23.8 Å². The lowest BCUT2D eigenvalue weighted by molar-refractivity contribution is -0.137. The number of aliphatic hydroxyl groups excluding tert-OH is 1. The molecular weight excluding hydrogens is 304 g/mol. The number of aliphatic hydroxyl groups is 1. The van der Waals surface area contributed by atoms with E-state index in [4.69, 9.17) is 5.11 Å². The summed E-state index contributed by atoms with van der Waals surface area (Å²) in [6, 6.07) is 0.307. The fourth-order valence-corrected chi connectivity index (χ4v) is 1.89. The SMILES string of the molecule is CC(C)CC(CO)NC(=O)Nc1cc(C(F)(F)F)ccc1F. The molecule has 1 unspecified atom stereocenters. The number of urea groups is 1. The fraction of sp³-hybridized carbons (Fsp3) is 0.500. The summed E-state index contributed by atoms with van der Waals surface area (Å²) in [7, 11) is 0. The van der Waals surface area contributed by atoms with Crippen LogP contribution in [0.2, 0.25) is 0 Å². The van der Waals surface area contributed by atoms with Crippen LogP contribution in [0.5, 0.6) is 0 Å². The van der Waals surface area contributed by atoms with Crippen molar-refractivity contribution in [3.8, 4) is 0 Å². The molecule has 0 radical (unpaired) electrons. The number of anilines is 1. The zero-order valence-corrected chi connectivity index (χ0v) is 12.2. The van der Waals surface area contributed by atoms with Gasteiger partial charge in [-0.05, 0) is 30.5 Å². The highest BCUT2D eigenvalue weighted by atomic mass is 19.4. The molecule has 0 aromatic heterocycles. The second-order valence-electron chi connectivity index (χ2n) is 5.30. The van der Waals surface area contributed by atoms with Crippen LogP contribution in [-0.2, 0) is 6.18 Å². The topological polar surface area (TPSA) is 61.4 Å². The number of hydrogen-bond acceptors (Lipinski definition) is 2. The highest BCUT2D eigenvalue weighted by molar-refractivity contribution is 5.89. The molecular formula is C14H18F4N2O2. The van der Waals surface area contributed by atoms with Crippen molar-refractivity contribution >= 4 is 11.7 Å². The van der Waals surface area contributed by atoms with Crippen molar-refractivity contribution in [1.82, 2.24) is 5.32 Å². The van der Waals surface area contributed by atoms with Crippen molar-refractivity contribution in [3.05, 3.63) is 29.6 Å². The maximum atomic E-state index is 13.5. The molecule has 1 atom stereocenters. The number of hydrogen-bond donors (Lipinski definition) is 3. The first-order chi connectivity index (χ1) is 10.1. The Morgan fingerprint density at radius 3 is 2.45 bits per heavy atom. The first-order valence-electron chi connectivity index (χ1n) is 6.68. The molecule has 8 heteroatoms. The molecule has 0 aliphatic heterocycles. The number of benzene rings is 1. The Morgan fingerprint density at radius 2 is 1.95 bits per heavy atom. The Labute approximate surface area is 125 Å². The van der Waals surface area contributed by atoms with Gasteiger partial charge in [-0.25, -0.2) is 9.18 Å². The highest BCUT2D eigenvalue weighted by Gasteiger charge is 2.31. The number of rotatable bonds is 5. The van der Waals surface area contributed by atoms with E-state index in [9.17, 15) is 22.4 Å². The first-order valence-corrected chi connectivity index (χ1v) is 6.68. The van der Waals surface area contributed by atoms with Crippen LogP contribution in [0.3, 0.4) is 0 Å². The Morgan fingerprint density at radius 1 is 1.32 bits per heavy atom. The lowest BCUT2D eigenvalue weighted by Gasteiger charge is -2.19. The number of halogens is 4. The second kappa shape index (κ2) is 7.44. The fourth-order valence-electron chi connectivity index (χ4n) is 1.89. The summed E-state index contributed by atoms with van der Waals surface area (Å²) in [5.41, 5.74) is -1.64. The van der Waals surface area contributed by atoms with Crippen LogP contribution in [0.1, 0.15) is 25.8 Å². The molecule has 22 heavy (non-hydrogen) atoms. The minimum atomic E-state index is -4.63. The molecule has 3 N–H and O–H groups in total. The monoisotopic (exact) mass is 322 g/mol. The van der Waals surface area contributed by atoms with Gasteiger partial charge in [0.2, 0.25) is 0 Å². The smallest absolute Gasteiger partial charge is 0.394 e. The predicted molar refractivity (Wildman–Crippen MR) is 73.9 cm³/mol. The molecule has 0 aliphatic carbocycles. The Kier molecular flexibility index (Phi) is 6.16. The number of amides is 2. The van der Waals surface area contributed by atoms with Crippen molar-refractivity contribution in [2.45, 2.75) is 32.5 Å². The minimum absolute atomic E-state index is 0.197. The van der Waals surface area contributed by atoms with Crippen molar-refractivity contribution in [2.24, 2.45) is 5.92 Å². The zero-order valence-electron chi connectivity index (χ0n) is 12.2. The van der Waals surface area contributed by atoms with Crippen LogP contribution in [0, 0.1) is 11.7 Å². The first kappa shape index (κ1) is 18.2. The molecule has 0 fully saturated rings. The summed E-state index contributed by atoms with van der Waals surface area (Å²) in [5.74, 6) is -0.782. The molecule has 0 saturated heterocycles. The van der Waals surface area contributed by atoms with Crippen LogP contribution in [0.4, 0.5) is 28.0 Å². The zero-order chi connectivity index (χ0) is 16.9.